The number of nitrogens with zero attached hydrogens (tertiary/aromatic N) is 4. The second-order valence-corrected chi connectivity index (χ2v) is 7.26. The van der Waals surface area contributed by atoms with Gasteiger partial charge >= 0.3 is 0 Å². The van der Waals surface area contributed by atoms with Crippen LogP contribution in [0.3, 0.4) is 0 Å². The zero-order valence-corrected chi connectivity index (χ0v) is 16.0. The lowest BCUT2D eigenvalue weighted by Crippen LogP contribution is -2.46. The fourth-order valence-electron chi connectivity index (χ4n) is 3.57. The first kappa shape index (κ1) is 18.9. The molecule has 2 aromatic rings. The lowest BCUT2D eigenvalue weighted by molar-refractivity contribution is 0.0525. The molecule has 3 heterocycles. The van der Waals surface area contributed by atoms with Gasteiger partial charge in [0.2, 0.25) is 0 Å². The van der Waals surface area contributed by atoms with Gasteiger partial charge in [-0.2, -0.15) is 0 Å². The number of anilines is 1. The largest absolute Gasteiger partial charge is 0.366 e. The summed E-state index contributed by atoms with van der Waals surface area (Å²) in [7, 11) is 0. The van der Waals surface area contributed by atoms with Gasteiger partial charge in [0, 0.05) is 44.9 Å². The number of piperazine rings is 1. The first-order valence-electron chi connectivity index (χ1n) is 9.95. The highest BCUT2D eigenvalue weighted by Gasteiger charge is 2.19. The Labute approximate surface area is 165 Å². The van der Waals surface area contributed by atoms with Crippen molar-refractivity contribution in [2.24, 2.45) is 0 Å². The van der Waals surface area contributed by atoms with E-state index in [2.05, 4.69) is 31.8 Å². The minimum Gasteiger partial charge on any atom is -0.366 e. The zero-order valence-electron chi connectivity index (χ0n) is 16.0. The SMILES string of the molecule is Fc1ccccc1CN1CCN(c2ccc(C#CC3CCCCO3)nn2)CC1. The second-order valence-electron chi connectivity index (χ2n) is 7.26. The first-order valence-corrected chi connectivity index (χ1v) is 9.95. The third kappa shape index (κ3) is 4.86. The van der Waals surface area contributed by atoms with Gasteiger partial charge in [0.25, 0.3) is 0 Å². The minimum absolute atomic E-state index is 0.0257. The summed E-state index contributed by atoms with van der Waals surface area (Å²) in [4.78, 5) is 4.48. The Kier molecular flexibility index (Phi) is 6.15. The number of rotatable bonds is 3. The van der Waals surface area contributed by atoms with Crippen molar-refractivity contribution in [3.63, 3.8) is 0 Å². The molecule has 1 aromatic heterocycles. The average Bonchev–Trinajstić information content (AvgIpc) is 2.76. The molecular weight excluding hydrogens is 355 g/mol. The number of ether oxygens (including phenoxy) is 1. The van der Waals surface area contributed by atoms with Crippen LogP contribution in [0.25, 0.3) is 0 Å². The van der Waals surface area contributed by atoms with Gasteiger partial charge in [-0.05, 0) is 43.4 Å². The van der Waals surface area contributed by atoms with E-state index in [-0.39, 0.29) is 11.9 Å². The van der Waals surface area contributed by atoms with Crippen LogP contribution in [-0.2, 0) is 11.3 Å². The Morgan fingerprint density at radius 3 is 2.61 bits per heavy atom. The summed E-state index contributed by atoms with van der Waals surface area (Å²) in [5.74, 6) is 6.95. The number of aromatic nitrogens is 2. The summed E-state index contributed by atoms with van der Waals surface area (Å²) in [6, 6.07) is 10.9. The van der Waals surface area contributed by atoms with Crippen molar-refractivity contribution in [3.05, 3.63) is 53.5 Å². The van der Waals surface area contributed by atoms with Crippen LogP contribution >= 0.6 is 0 Å². The molecule has 2 saturated heterocycles. The first-order chi connectivity index (χ1) is 13.8. The van der Waals surface area contributed by atoms with Crippen molar-refractivity contribution < 1.29 is 9.13 Å². The van der Waals surface area contributed by atoms with Crippen LogP contribution < -0.4 is 4.90 Å². The molecule has 0 saturated carbocycles. The van der Waals surface area contributed by atoms with E-state index in [1.807, 2.05) is 24.3 Å². The van der Waals surface area contributed by atoms with E-state index in [0.717, 1.165) is 57.0 Å². The summed E-state index contributed by atoms with van der Waals surface area (Å²) >= 11 is 0. The van der Waals surface area contributed by atoms with Crippen molar-refractivity contribution in [1.82, 2.24) is 15.1 Å². The average molecular weight is 380 g/mol. The van der Waals surface area contributed by atoms with Crippen LogP contribution in [0.4, 0.5) is 10.2 Å². The van der Waals surface area contributed by atoms with E-state index in [1.165, 1.54) is 12.5 Å². The Balaban J connectivity index is 1.30. The summed E-state index contributed by atoms with van der Waals surface area (Å²) in [5.41, 5.74) is 1.43. The zero-order chi connectivity index (χ0) is 19.2. The highest BCUT2D eigenvalue weighted by Crippen LogP contribution is 2.16. The van der Waals surface area contributed by atoms with Crippen molar-refractivity contribution in [1.29, 1.82) is 0 Å². The van der Waals surface area contributed by atoms with E-state index in [9.17, 15) is 4.39 Å². The molecule has 4 rings (SSSR count). The summed E-state index contributed by atoms with van der Waals surface area (Å²) in [5, 5.41) is 8.60. The molecule has 2 aliphatic rings. The van der Waals surface area contributed by atoms with E-state index in [1.54, 1.807) is 6.07 Å². The summed E-state index contributed by atoms with van der Waals surface area (Å²) in [6.07, 6.45) is 3.32. The van der Waals surface area contributed by atoms with Gasteiger partial charge in [-0.3, -0.25) is 4.90 Å². The molecule has 0 bridgehead atoms. The Morgan fingerprint density at radius 1 is 1.04 bits per heavy atom. The smallest absolute Gasteiger partial charge is 0.151 e. The molecule has 146 valence electrons. The molecule has 0 spiro atoms. The predicted molar refractivity (Wildman–Crippen MR) is 106 cm³/mol. The molecule has 28 heavy (non-hydrogen) atoms. The van der Waals surface area contributed by atoms with Gasteiger partial charge in [-0.15, -0.1) is 10.2 Å². The van der Waals surface area contributed by atoms with E-state index in [0.29, 0.717) is 12.2 Å². The maximum atomic E-state index is 13.8. The number of hydrogen-bond donors (Lipinski definition) is 0. The number of benzene rings is 1. The van der Waals surface area contributed by atoms with E-state index >= 15 is 0 Å². The summed E-state index contributed by atoms with van der Waals surface area (Å²) < 4.78 is 19.5. The van der Waals surface area contributed by atoms with Crippen LogP contribution in [0.15, 0.2) is 36.4 Å². The van der Waals surface area contributed by atoms with Crippen molar-refractivity contribution >= 4 is 5.82 Å². The molecule has 0 amide bonds. The quantitative estimate of drug-likeness (QED) is 0.766. The van der Waals surface area contributed by atoms with Crippen molar-refractivity contribution in [2.75, 3.05) is 37.7 Å². The fraction of sp³-hybridized carbons (Fsp3) is 0.455. The highest BCUT2D eigenvalue weighted by molar-refractivity contribution is 5.40. The van der Waals surface area contributed by atoms with Crippen LogP contribution in [0, 0.1) is 17.7 Å². The van der Waals surface area contributed by atoms with Crippen LogP contribution in [0.1, 0.15) is 30.5 Å². The summed E-state index contributed by atoms with van der Waals surface area (Å²) in [6.45, 7) is 4.89. The Morgan fingerprint density at radius 2 is 1.89 bits per heavy atom. The van der Waals surface area contributed by atoms with Crippen molar-refractivity contribution in [3.8, 4) is 11.8 Å². The highest BCUT2D eigenvalue weighted by atomic mass is 19.1. The van der Waals surface area contributed by atoms with Gasteiger partial charge in [0.15, 0.2) is 5.82 Å². The van der Waals surface area contributed by atoms with Crippen molar-refractivity contribution in [2.45, 2.75) is 31.9 Å². The molecule has 1 aromatic carbocycles. The molecule has 2 aliphatic heterocycles. The third-order valence-corrected chi connectivity index (χ3v) is 5.24. The molecule has 6 heteroatoms. The van der Waals surface area contributed by atoms with Crippen LogP contribution in [0.2, 0.25) is 0 Å². The standard InChI is InChI=1S/C22H25FN4O/c23-21-7-2-1-5-18(21)17-26-12-14-27(15-13-26)22-11-9-19(24-25-22)8-10-20-6-3-4-16-28-20/h1-2,5,7,9,11,20H,3-4,6,12-17H2. The molecule has 0 aliphatic carbocycles. The lowest BCUT2D eigenvalue weighted by Gasteiger charge is -2.35. The molecule has 1 atom stereocenters. The van der Waals surface area contributed by atoms with Crippen LogP contribution in [-0.4, -0.2) is 54.0 Å². The molecule has 0 radical (unpaired) electrons. The maximum Gasteiger partial charge on any atom is 0.151 e. The fourth-order valence-corrected chi connectivity index (χ4v) is 3.57. The molecule has 2 fully saturated rings. The molecule has 0 N–H and O–H groups in total. The van der Waals surface area contributed by atoms with Gasteiger partial charge in [0.05, 0.1) is 0 Å². The predicted octanol–water partition coefficient (Wildman–Crippen LogP) is 2.86. The molecule has 1 unspecified atom stereocenters. The van der Waals surface area contributed by atoms with E-state index < -0.39 is 0 Å². The second kappa shape index (κ2) is 9.13. The number of halogens is 1. The van der Waals surface area contributed by atoms with Gasteiger partial charge in [-0.25, -0.2) is 4.39 Å². The third-order valence-electron chi connectivity index (χ3n) is 5.24. The lowest BCUT2D eigenvalue weighted by atomic mass is 10.1. The maximum absolute atomic E-state index is 13.8. The Hall–Kier alpha value is -2.49. The topological polar surface area (TPSA) is 41.5 Å². The van der Waals surface area contributed by atoms with Gasteiger partial charge in [-0.1, -0.05) is 24.1 Å². The minimum atomic E-state index is -0.133. The molecule has 5 nitrogen and oxygen atoms in total. The van der Waals surface area contributed by atoms with Gasteiger partial charge < -0.3 is 9.64 Å². The van der Waals surface area contributed by atoms with Gasteiger partial charge in [0.1, 0.15) is 17.6 Å². The number of hydrogen-bond acceptors (Lipinski definition) is 5. The monoisotopic (exact) mass is 380 g/mol. The van der Waals surface area contributed by atoms with Crippen LogP contribution in [0.5, 0.6) is 0 Å². The Bertz CT molecular complexity index is 832. The normalized spacial score (nSPS) is 20.5. The molecular formula is C22H25FN4O. The van der Waals surface area contributed by atoms with E-state index in [4.69, 9.17) is 4.74 Å².